The maximum atomic E-state index is 14.2. The number of carbonyl (C=O) groups is 1. The summed E-state index contributed by atoms with van der Waals surface area (Å²) in [4.78, 5) is 23.5. The Morgan fingerprint density at radius 2 is 1.72 bits per heavy atom. The molecule has 3 N–H and O–H groups in total. The van der Waals surface area contributed by atoms with Gasteiger partial charge in [-0.2, -0.15) is 13.2 Å². The van der Waals surface area contributed by atoms with Crippen LogP contribution in [0.4, 0.5) is 33.5 Å². The van der Waals surface area contributed by atoms with Crippen LogP contribution >= 0.6 is 0 Å². The van der Waals surface area contributed by atoms with E-state index in [0.29, 0.717) is 11.6 Å². The number of aliphatic carboxylic acids is 1. The lowest BCUT2D eigenvalue weighted by Gasteiger charge is -2.29. The molecule has 0 amide bonds. The standard InChI is InChI=1S/C24H22F2N6O3S.C2HF3O2/c1-35-24-21(31-36(33,34)22-5-3-17(25)12-19(22)26)11-16(13-28-24)15-2-4-20-18(10-15)23(30-14-29-20)32-8-6-27-7-9-32;3-2(4,5)1(6)7/h2-5,10-14,27,31H,6-9H2,1H3;(H,6,7). The van der Waals surface area contributed by atoms with Crippen LogP contribution in [0, 0.1) is 11.6 Å². The van der Waals surface area contributed by atoms with E-state index in [4.69, 9.17) is 14.6 Å². The zero-order valence-corrected chi connectivity index (χ0v) is 23.0. The van der Waals surface area contributed by atoms with Gasteiger partial charge in [0, 0.05) is 49.4 Å². The second-order valence-corrected chi connectivity index (χ2v) is 10.6. The SMILES string of the molecule is COc1ncc(-c2ccc3ncnc(N4CCNCC4)c3c2)cc1NS(=O)(=O)c1ccc(F)cc1F.O=C(O)C(F)(F)F. The summed E-state index contributed by atoms with van der Waals surface area (Å²) in [6.45, 7) is 3.33. The fourth-order valence-corrected chi connectivity index (χ4v) is 5.20. The summed E-state index contributed by atoms with van der Waals surface area (Å²) in [5.41, 5.74) is 2.12. The van der Waals surface area contributed by atoms with Gasteiger partial charge in [0.2, 0.25) is 5.88 Å². The van der Waals surface area contributed by atoms with Crippen LogP contribution in [0.1, 0.15) is 0 Å². The van der Waals surface area contributed by atoms with Crippen molar-refractivity contribution in [2.45, 2.75) is 11.1 Å². The minimum Gasteiger partial charge on any atom is -0.480 e. The zero-order valence-electron chi connectivity index (χ0n) is 22.2. The number of fused-ring (bicyclic) bond motifs is 1. The number of pyridine rings is 1. The Bertz CT molecular complexity index is 1750. The van der Waals surface area contributed by atoms with Gasteiger partial charge >= 0.3 is 12.1 Å². The first-order valence-corrected chi connectivity index (χ1v) is 13.8. The van der Waals surface area contributed by atoms with Crippen LogP contribution < -0.4 is 19.7 Å². The highest BCUT2D eigenvalue weighted by atomic mass is 32.2. The molecule has 1 aliphatic heterocycles. The number of hydrogen-bond acceptors (Lipinski definition) is 9. The molecule has 5 rings (SSSR count). The van der Waals surface area contributed by atoms with Crippen molar-refractivity contribution < 1.29 is 45.0 Å². The number of aromatic nitrogens is 3. The van der Waals surface area contributed by atoms with Gasteiger partial charge in [-0.05, 0) is 35.9 Å². The highest BCUT2D eigenvalue weighted by Gasteiger charge is 2.38. The molecule has 0 aliphatic carbocycles. The van der Waals surface area contributed by atoms with Gasteiger partial charge in [0.15, 0.2) is 0 Å². The summed E-state index contributed by atoms with van der Waals surface area (Å²) in [7, 11) is -3.05. The Hall–Kier alpha value is -4.64. The number of ether oxygens (including phenoxy) is 1. The molecular formula is C26H23F5N6O5S. The predicted octanol–water partition coefficient (Wildman–Crippen LogP) is 3.82. The Balaban J connectivity index is 0.000000541. The molecule has 2 aromatic heterocycles. The smallest absolute Gasteiger partial charge is 0.480 e. The van der Waals surface area contributed by atoms with E-state index in [1.54, 1.807) is 12.3 Å². The summed E-state index contributed by atoms with van der Waals surface area (Å²) in [6, 6.07) is 9.41. The summed E-state index contributed by atoms with van der Waals surface area (Å²) in [5.74, 6) is -4.03. The van der Waals surface area contributed by atoms with Crippen LogP contribution in [0.25, 0.3) is 22.0 Å². The Kier molecular flexibility index (Phi) is 9.24. The van der Waals surface area contributed by atoms with Crippen molar-refractivity contribution in [1.82, 2.24) is 20.3 Å². The Morgan fingerprint density at radius 1 is 1.02 bits per heavy atom. The third-order valence-corrected chi connectivity index (χ3v) is 7.48. The van der Waals surface area contributed by atoms with Gasteiger partial charge in [-0.15, -0.1) is 0 Å². The minimum atomic E-state index is -5.08. The number of piperazine rings is 1. The molecule has 0 radical (unpaired) electrons. The van der Waals surface area contributed by atoms with Crippen LogP contribution in [0.3, 0.4) is 0 Å². The molecule has 11 nitrogen and oxygen atoms in total. The van der Waals surface area contributed by atoms with Crippen LogP contribution in [0.15, 0.2) is 59.9 Å². The van der Waals surface area contributed by atoms with Crippen LogP contribution in [-0.4, -0.2) is 73.9 Å². The number of carboxylic acid groups (broad SMARTS) is 1. The zero-order chi connectivity index (χ0) is 31.4. The van der Waals surface area contributed by atoms with Gasteiger partial charge in [-0.1, -0.05) is 6.07 Å². The number of rotatable bonds is 6. The number of halogens is 5. The fraction of sp³-hybridized carbons (Fsp3) is 0.231. The molecule has 0 spiro atoms. The lowest BCUT2D eigenvalue weighted by atomic mass is 10.0. The molecule has 0 unspecified atom stereocenters. The van der Waals surface area contributed by atoms with Gasteiger partial charge < -0.3 is 20.1 Å². The monoisotopic (exact) mass is 626 g/mol. The summed E-state index contributed by atoms with van der Waals surface area (Å²) in [6.07, 6.45) is -2.00. The van der Waals surface area contributed by atoms with Crippen LogP contribution in [0.2, 0.25) is 0 Å². The predicted molar refractivity (Wildman–Crippen MR) is 145 cm³/mol. The number of carboxylic acids is 1. The van der Waals surface area contributed by atoms with E-state index in [0.717, 1.165) is 60.6 Å². The molecular weight excluding hydrogens is 603 g/mol. The first-order chi connectivity index (χ1) is 20.3. The van der Waals surface area contributed by atoms with Gasteiger partial charge in [0.1, 0.15) is 34.4 Å². The molecule has 0 atom stereocenters. The molecule has 43 heavy (non-hydrogen) atoms. The van der Waals surface area contributed by atoms with E-state index in [9.17, 15) is 30.4 Å². The quantitative estimate of drug-likeness (QED) is 0.270. The average molecular weight is 627 g/mol. The Morgan fingerprint density at radius 3 is 2.35 bits per heavy atom. The second kappa shape index (κ2) is 12.7. The summed E-state index contributed by atoms with van der Waals surface area (Å²) in [5, 5.41) is 11.3. The van der Waals surface area contributed by atoms with Gasteiger partial charge in [0.25, 0.3) is 10.0 Å². The van der Waals surface area contributed by atoms with Crippen molar-refractivity contribution in [3.05, 3.63) is 66.6 Å². The fourth-order valence-electron chi connectivity index (χ4n) is 4.09. The van der Waals surface area contributed by atoms with E-state index < -0.39 is 38.7 Å². The van der Waals surface area contributed by atoms with Crippen molar-refractivity contribution in [3.63, 3.8) is 0 Å². The molecule has 4 aromatic rings. The number of hydrogen-bond donors (Lipinski definition) is 3. The summed E-state index contributed by atoms with van der Waals surface area (Å²) < 4.78 is 92.4. The average Bonchev–Trinajstić information content (AvgIpc) is 2.96. The normalized spacial score (nSPS) is 13.7. The molecule has 0 bridgehead atoms. The van der Waals surface area contributed by atoms with E-state index >= 15 is 0 Å². The van der Waals surface area contributed by atoms with E-state index in [1.165, 1.54) is 13.4 Å². The van der Waals surface area contributed by atoms with Gasteiger partial charge in [0.05, 0.1) is 12.6 Å². The van der Waals surface area contributed by atoms with E-state index in [2.05, 4.69) is 29.9 Å². The van der Waals surface area contributed by atoms with E-state index in [1.807, 2.05) is 18.2 Å². The molecule has 1 saturated heterocycles. The highest BCUT2D eigenvalue weighted by Crippen LogP contribution is 2.33. The number of sulfonamides is 1. The number of benzene rings is 2. The number of methoxy groups -OCH3 is 1. The first kappa shape index (κ1) is 31.3. The molecule has 0 saturated carbocycles. The maximum absolute atomic E-state index is 14.2. The number of nitrogens with one attached hydrogen (secondary N) is 2. The molecule has 2 aromatic carbocycles. The highest BCUT2D eigenvalue weighted by molar-refractivity contribution is 7.92. The minimum absolute atomic E-state index is 0.00419. The van der Waals surface area contributed by atoms with Crippen molar-refractivity contribution >= 4 is 38.4 Å². The Labute approximate surface area is 241 Å². The van der Waals surface area contributed by atoms with E-state index in [-0.39, 0.29) is 11.6 Å². The first-order valence-electron chi connectivity index (χ1n) is 12.3. The van der Waals surface area contributed by atoms with Crippen molar-refractivity contribution in [1.29, 1.82) is 0 Å². The second-order valence-electron chi connectivity index (χ2n) is 8.93. The molecule has 1 aliphatic rings. The molecule has 17 heteroatoms. The molecule has 3 heterocycles. The summed E-state index contributed by atoms with van der Waals surface area (Å²) >= 11 is 0. The topological polar surface area (TPSA) is 147 Å². The van der Waals surface area contributed by atoms with Crippen molar-refractivity contribution in [2.24, 2.45) is 0 Å². The molecule has 1 fully saturated rings. The molecule has 228 valence electrons. The van der Waals surface area contributed by atoms with Crippen molar-refractivity contribution in [3.8, 4) is 17.0 Å². The largest absolute Gasteiger partial charge is 0.490 e. The van der Waals surface area contributed by atoms with Crippen LogP contribution in [0.5, 0.6) is 5.88 Å². The lowest BCUT2D eigenvalue weighted by molar-refractivity contribution is -0.192. The lowest BCUT2D eigenvalue weighted by Crippen LogP contribution is -2.44. The van der Waals surface area contributed by atoms with Gasteiger partial charge in [-0.3, -0.25) is 4.72 Å². The maximum Gasteiger partial charge on any atom is 0.490 e. The number of nitrogens with zero attached hydrogens (tertiary/aromatic N) is 4. The van der Waals surface area contributed by atoms with Crippen molar-refractivity contribution in [2.75, 3.05) is 42.9 Å². The third kappa shape index (κ3) is 7.42. The number of anilines is 2. The third-order valence-electron chi connectivity index (χ3n) is 6.08. The number of alkyl halides is 3. The van der Waals surface area contributed by atoms with Crippen LogP contribution in [-0.2, 0) is 14.8 Å². The van der Waals surface area contributed by atoms with Gasteiger partial charge in [-0.25, -0.2) is 36.9 Å².